The highest BCUT2D eigenvalue weighted by molar-refractivity contribution is 5.75. The third-order valence-electron chi connectivity index (χ3n) is 7.17. The van der Waals surface area contributed by atoms with Gasteiger partial charge in [0.05, 0.1) is 0 Å². The van der Waals surface area contributed by atoms with E-state index in [4.69, 9.17) is 0 Å². The fourth-order valence-electron chi connectivity index (χ4n) is 6.41. The summed E-state index contributed by atoms with van der Waals surface area (Å²) in [5.74, 6) is 2.66. The zero-order chi connectivity index (χ0) is 16.6. The lowest BCUT2D eigenvalue weighted by Crippen LogP contribution is -2.62. The van der Waals surface area contributed by atoms with Gasteiger partial charge in [0.15, 0.2) is 0 Å². The molecular formula is C20H35N3O. The first-order valence-electron chi connectivity index (χ1n) is 10.4. The van der Waals surface area contributed by atoms with Gasteiger partial charge in [-0.25, -0.2) is 4.79 Å². The van der Waals surface area contributed by atoms with Crippen molar-refractivity contribution in [1.82, 2.24) is 15.5 Å². The number of nitrogens with zero attached hydrogens (tertiary/aromatic N) is 1. The van der Waals surface area contributed by atoms with Crippen molar-refractivity contribution < 1.29 is 4.79 Å². The van der Waals surface area contributed by atoms with Crippen LogP contribution in [0.25, 0.3) is 0 Å². The van der Waals surface area contributed by atoms with Gasteiger partial charge in [0.1, 0.15) is 0 Å². The summed E-state index contributed by atoms with van der Waals surface area (Å²) in [5, 5.41) is 6.75. The number of rotatable bonds is 5. The van der Waals surface area contributed by atoms with E-state index in [1.54, 1.807) is 0 Å². The first kappa shape index (κ1) is 16.7. The minimum absolute atomic E-state index is 0.115. The van der Waals surface area contributed by atoms with Crippen LogP contribution in [-0.4, -0.2) is 42.1 Å². The number of likely N-dealkylation sites (tertiary alicyclic amines) is 1. The number of hydrogen-bond donors (Lipinski definition) is 2. The number of carbonyl (C=O) groups excluding carboxylic acids is 1. The fourth-order valence-corrected chi connectivity index (χ4v) is 6.41. The minimum Gasteiger partial charge on any atom is -0.335 e. The lowest BCUT2D eigenvalue weighted by atomic mass is 9.53. The molecule has 5 rings (SSSR count). The van der Waals surface area contributed by atoms with Crippen molar-refractivity contribution in [3.8, 4) is 0 Å². The molecule has 1 aliphatic heterocycles. The van der Waals surface area contributed by atoms with E-state index < -0.39 is 0 Å². The molecule has 1 heterocycles. The second-order valence-corrected chi connectivity index (χ2v) is 9.27. The van der Waals surface area contributed by atoms with E-state index in [2.05, 4.69) is 22.5 Å². The van der Waals surface area contributed by atoms with Crippen LogP contribution in [0.4, 0.5) is 4.79 Å². The molecule has 24 heavy (non-hydrogen) atoms. The summed E-state index contributed by atoms with van der Waals surface area (Å²) in [5.41, 5.74) is 0.140. The van der Waals surface area contributed by atoms with Crippen molar-refractivity contribution in [3.63, 3.8) is 0 Å². The van der Waals surface area contributed by atoms with Crippen LogP contribution in [0.15, 0.2) is 0 Å². The van der Waals surface area contributed by atoms with Gasteiger partial charge in [0.25, 0.3) is 0 Å². The number of urea groups is 1. The lowest BCUT2D eigenvalue weighted by Gasteiger charge is -2.56. The van der Waals surface area contributed by atoms with Crippen LogP contribution in [0.5, 0.6) is 0 Å². The van der Waals surface area contributed by atoms with Gasteiger partial charge in [0.2, 0.25) is 0 Å². The van der Waals surface area contributed by atoms with Crippen LogP contribution in [0.2, 0.25) is 0 Å². The Morgan fingerprint density at radius 2 is 1.62 bits per heavy atom. The molecule has 4 bridgehead atoms. The Morgan fingerprint density at radius 1 is 1.04 bits per heavy atom. The van der Waals surface area contributed by atoms with E-state index in [-0.39, 0.29) is 11.6 Å². The molecule has 0 aromatic heterocycles. The van der Waals surface area contributed by atoms with Gasteiger partial charge in [-0.3, -0.25) is 0 Å². The summed E-state index contributed by atoms with van der Waals surface area (Å²) in [7, 11) is 0. The molecule has 0 spiro atoms. The zero-order valence-corrected chi connectivity index (χ0v) is 15.4. The highest BCUT2D eigenvalue weighted by atomic mass is 16.2. The first-order valence-corrected chi connectivity index (χ1v) is 10.4. The maximum atomic E-state index is 12.6. The normalized spacial score (nSPS) is 39.1. The average Bonchev–Trinajstić information content (AvgIpc) is 2.52. The Hall–Kier alpha value is -0.770. The van der Waals surface area contributed by atoms with Crippen molar-refractivity contribution in [2.24, 2.45) is 17.8 Å². The van der Waals surface area contributed by atoms with E-state index in [1.807, 2.05) is 0 Å². The van der Waals surface area contributed by atoms with Crippen molar-refractivity contribution in [1.29, 1.82) is 0 Å². The van der Waals surface area contributed by atoms with Gasteiger partial charge < -0.3 is 15.5 Å². The summed E-state index contributed by atoms with van der Waals surface area (Å²) < 4.78 is 0. The SMILES string of the molecule is CCCCN1CCC(NC(=O)NC23CC4CC(CC(C4)C2)C3)CC1. The third kappa shape index (κ3) is 3.58. The largest absolute Gasteiger partial charge is 0.335 e. The summed E-state index contributed by atoms with van der Waals surface area (Å²) in [4.78, 5) is 15.2. The third-order valence-corrected chi connectivity index (χ3v) is 7.17. The fraction of sp³-hybridized carbons (Fsp3) is 0.950. The molecule has 2 N–H and O–H groups in total. The summed E-state index contributed by atoms with van der Waals surface area (Å²) >= 11 is 0. The van der Waals surface area contributed by atoms with E-state index in [9.17, 15) is 4.79 Å². The maximum absolute atomic E-state index is 12.6. The predicted molar refractivity (Wildman–Crippen MR) is 96.9 cm³/mol. The maximum Gasteiger partial charge on any atom is 0.315 e. The summed E-state index contributed by atoms with van der Waals surface area (Å²) in [6.07, 6.45) is 12.8. The predicted octanol–water partition coefficient (Wildman–Crippen LogP) is 3.52. The van der Waals surface area contributed by atoms with Crippen LogP contribution < -0.4 is 10.6 Å². The molecule has 4 aliphatic carbocycles. The average molecular weight is 334 g/mol. The van der Waals surface area contributed by atoms with Crippen molar-refractivity contribution in [3.05, 3.63) is 0 Å². The van der Waals surface area contributed by atoms with Crippen LogP contribution in [0.1, 0.15) is 71.1 Å². The van der Waals surface area contributed by atoms with Gasteiger partial charge in [0, 0.05) is 24.7 Å². The monoisotopic (exact) mass is 333 g/mol. The molecule has 5 fully saturated rings. The quantitative estimate of drug-likeness (QED) is 0.808. The van der Waals surface area contributed by atoms with Gasteiger partial charge in [-0.05, 0) is 82.1 Å². The number of nitrogens with one attached hydrogen (secondary N) is 2. The van der Waals surface area contributed by atoms with Gasteiger partial charge in [-0.1, -0.05) is 13.3 Å². The molecule has 136 valence electrons. The Bertz CT molecular complexity index is 421. The number of carbonyl (C=O) groups is 1. The summed E-state index contributed by atoms with van der Waals surface area (Å²) in [6, 6.07) is 0.487. The number of piperidine rings is 1. The smallest absolute Gasteiger partial charge is 0.315 e. The zero-order valence-electron chi connectivity index (χ0n) is 15.4. The highest BCUT2D eigenvalue weighted by Crippen LogP contribution is 2.55. The van der Waals surface area contributed by atoms with Gasteiger partial charge in [-0.2, -0.15) is 0 Å². The molecule has 5 aliphatic rings. The standard InChI is InChI=1S/C20H35N3O/c1-2-3-6-23-7-4-18(5-8-23)21-19(24)22-20-12-15-9-16(13-20)11-17(10-15)14-20/h15-18H,2-14H2,1H3,(H2,21,22,24). The molecule has 4 saturated carbocycles. The lowest BCUT2D eigenvalue weighted by molar-refractivity contribution is -0.0137. The van der Waals surface area contributed by atoms with E-state index >= 15 is 0 Å². The second-order valence-electron chi connectivity index (χ2n) is 9.27. The van der Waals surface area contributed by atoms with Gasteiger partial charge >= 0.3 is 6.03 Å². The molecule has 2 amide bonds. The molecule has 0 radical (unpaired) electrons. The van der Waals surface area contributed by atoms with E-state index in [0.29, 0.717) is 6.04 Å². The summed E-state index contributed by atoms with van der Waals surface area (Å²) in [6.45, 7) is 5.76. The second kappa shape index (κ2) is 6.86. The number of amides is 2. The molecular weight excluding hydrogens is 298 g/mol. The van der Waals surface area contributed by atoms with Crippen molar-refractivity contribution >= 4 is 6.03 Å². The Labute approximate surface area is 147 Å². The molecule has 4 heteroatoms. The van der Waals surface area contributed by atoms with Crippen LogP contribution in [0, 0.1) is 17.8 Å². The van der Waals surface area contributed by atoms with Crippen molar-refractivity contribution in [2.75, 3.05) is 19.6 Å². The van der Waals surface area contributed by atoms with E-state index in [1.165, 1.54) is 57.9 Å². The minimum atomic E-state index is 0.115. The molecule has 0 aromatic rings. The molecule has 0 aromatic carbocycles. The van der Waals surface area contributed by atoms with Crippen molar-refractivity contribution in [2.45, 2.75) is 82.7 Å². The molecule has 0 atom stereocenters. The Balaban J connectivity index is 1.24. The Kier molecular flexibility index (Phi) is 4.77. The highest BCUT2D eigenvalue weighted by Gasteiger charge is 2.51. The van der Waals surface area contributed by atoms with Crippen LogP contribution in [-0.2, 0) is 0 Å². The van der Waals surface area contributed by atoms with Gasteiger partial charge in [-0.15, -0.1) is 0 Å². The topological polar surface area (TPSA) is 44.4 Å². The van der Waals surface area contributed by atoms with E-state index in [0.717, 1.165) is 43.7 Å². The molecule has 0 unspecified atom stereocenters. The van der Waals surface area contributed by atoms with Crippen LogP contribution >= 0.6 is 0 Å². The number of unbranched alkanes of at least 4 members (excludes halogenated alkanes) is 1. The van der Waals surface area contributed by atoms with Crippen LogP contribution in [0.3, 0.4) is 0 Å². The number of hydrogen-bond acceptors (Lipinski definition) is 2. The first-order chi connectivity index (χ1) is 11.6. The Morgan fingerprint density at radius 3 is 2.17 bits per heavy atom. The molecule has 1 saturated heterocycles. The molecule has 4 nitrogen and oxygen atoms in total.